The molecule has 0 aliphatic carbocycles. The Morgan fingerprint density at radius 2 is 1.74 bits per heavy atom. The van der Waals surface area contributed by atoms with Gasteiger partial charge in [-0.3, -0.25) is 10.1 Å². The van der Waals surface area contributed by atoms with E-state index in [0.29, 0.717) is 30.4 Å². The van der Waals surface area contributed by atoms with E-state index in [9.17, 15) is 9.59 Å². The molecule has 3 amide bonds. The van der Waals surface area contributed by atoms with E-state index in [2.05, 4.69) is 10.6 Å². The zero-order chi connectivity index (χ0) is 19.8. The van der Waals surface area contributed by atoms with Crippen LogP contribution in [-0.4, -0.2) is 57.0 Å². The quantitative estimate of drug-likeness (QED) is 0.652. The van der Waals surface area contributed by atoms with Gasteiger partial charge in [0.2, 0.25) is 0 Å². The molecule has 2 rings (SSSR count). The second kappa shape index (κ2) is 10.1. The number of imide groups is 1. The Kier molecular flexibility index (Phi) is 7.87. The van der Waals surface area contributed by atoms with E-state index in [-0.39, 0.29) is 24.7 Å². The lowest BCUT2D eigenvalue weighted by Gasteiger charge is -2.31. The Hall–Kier alpha value is -2.32. The van der Waals surface area contributed by atoms with Gasteiger partial charge in [0.1, 0.15) is 25.3 Å². The number of quaternary nitrogens is 1. The fourth-order valence-electron chi connectivity index (χ4n) is 3.22. The molecule has 0 bridgehead atoms. The molecular weight excluding hydrogens is 350 g/mol. The molecule has 0 unspecified atom stereocenters. The van der Waals surface area contributed by atoms with E-state index in [1.807, 2.05) is 27.7 Å². The molecule has 1 aliphatic heterocycles. The van der Waals surface area contributed by atoms with Crippen LogP contribution in [0.15, 0.2) is 18.2 Å². The third kappa shape index (κ3) is 6.73. The number of anilines is 1. The van der Waals surface area contributed by atoms with Gasteiger partial charge in [0, 0.05) is 11.8 Å². The molecule has 1 fully saturated rings. The number of morpholine rings is 1. The first-order valence-corrected chi connectivity index (χ1v) is 9.40. The molecule has 0 radical (unpaired) electrons. The zero-order valence-corrected chi connectivity index (χ0v) is 16.5. The molecular formula is C19H30N3O5+. The molecule has 2 atom stereocenters. The van der Waals surface area contributed by atoms with Crippen molar-refractivity contribution < 1.29 is 28.7 Å². The van der Waals surface area contributed by atoms with Crippen LogP contribution in [-0.2, 0) is 9.53 Å². The summed E-state index contributed by atoms with van der Waals surface area (Å²) >= 11 is 0. The smallest absolute Gasteiger partial charge is 0.326 e. The standard InChI is InChI=1S/C19H29N3O5/c1-5-25-16-8-7-15(9-17(16)26-6-2)20-19(24)21-18(23)12-22-10-13(3)27-14(4)11-22/h7-9,13-14H,5-6,10-12H2,1-4H3,(H2,20,21,23,24)/p+1/t13-,14-/m1/s1. The van der Waals surface area contributed by atoms with Gasteiger partial charge in [-0.15, -0.1) is 0 Å². The molecule has 0 aromatic heterocycles. The fraction of sp³-hybridized carbons (Fsp3) is 0.579. The Morgan fingerprint density at radius 1 is 1.11 bits per heavy atom. The number of urea groups is 1. The van der Waals surface area contributed by atoms with Crippen molar-refractivity contribution in [2.24, 2.45) is 0 Å². The molecule has 1 aliphatic rings. The highest BCUT2D eigenvalue weighted by molar-refractivity contribution is 6.01. The van der Waals surface area contributed by atoms with Crippen molar-refractivity contribution in [3.63, 3.8) is 0 Å². The first-order chi connectivity index (χ1) is 12.9. The van der Waals surface area contributed by atoms with Crippen molar-refractivity contribution >= 4 is 17.6 Å². The number of benzene rings is 1. The number of rotatable bonds is 7. The molecule has 1 aromatic carbocycles. The second-order valence-corrected chi connectivity index (χ2v) is 6.62. The van der Waals surface area contributed by atoms with Crippen LogP contribution in [0, 0.1) is 0 Å². The number of nitrogens with one attached hydrogen (secondary N) is 3. The van der Waals surface area contributed by atoms with Crippen molar-refractivity contribution in [2.75, 3.05) is 38.2 Å². The van der Waals surface area contributed by atoms with Crippen molar-refractivity contribution in [3.05, 3.63) is 18.2 Å². The number of carbonyl (C=O) groups excluding carboxylic acids is 2. The van der Waals surface area contributed by atoms with Crippen LogP contribution in [0.1, 0.15) is 27.7 Å². The molecule has 8 heteroatoms. The predicted molar refractivity (Wildman–Crippen MR) is 102 cm³/mol. The van der Waals surface area contributed by atoms with E-state index < -0.39 is 6.03 Å². The van der Waals surface area contributed by atoms with Crippen LogP contribution in [0.3, 0.4) is 0 Å². The van der Waals surface area contributed by atoms with Gasteiger partial charge in [0.25, 0.3) is 5.91 Å². The van der Waals surface area contributed by atoms with Gasteiger partial charge in [0.15, 0.2) is 18.0 Å². The van der Waals surface area contributed by atoms with E-state index in [4.69, 9.17) is 14.2 Å². The highest BCUT2D eigenvalue weighted by Crippen LogP contribution is 2.30. The summed E-state index contributed by atoms with van der Waals surface area (Å²) in [7, 11) is 0. The SMILES string of the molecule is CCOc1ccc(NC(=O)NC(=O)C[NH+]2C[C@@H](C)O[C@H](C)C2)cc1OCC. The largest absolute Gasteiger partial charge is 0.490 e. The minimum atomic E-state index is -0.569. The minimum absolute atomic E-state index is 0.103. The normalized spacial score (nSPS) is 22.0. The monoisotopic (exact) mass is 380 g/mol. The Balaban J connectivity index is 1.89. The van der Waals surface area contributed by atoms with Gasteiger partial charge >= 0.3 is 6.03 Å². The minimum Gasteiger partial charge on any atom is -0.490 e. The van der Waals surface area contributed by atoms with Gasteiger partial charge in [0.05, 0.1) is 13.2 Å². The van der Waals surface area contributed by atoms with Crippen LogP contribution in [0.4, 0.5) is 10.5 Å². The highest BCUT2D eigenvalue weighted by Gasteiger charge is 2.27. The van der Waals surface area contributed by atoms with Gasteiger partial charge in [-0.2, -0.15) is 0 Å². The first kappa shape index (κ1) is 21.0. The molecule has 1 saturated heterocycles. The van der Waals surface area contributed by atoms with Crippen LogP contribution < -0.4 is 25.0 Å². The van der Waals surface area contributed by atoms with E-state index in [1.165, 1.54) is 0 Å². The maximum absolute atomic E-state index is 12.2. The lowest BCUT2D eigenvalue weighted by atomic mass is 10.2. The summed E-state index contributed by atoms with van der Waals surface area (Å²) in [5.41, 5.74) is 0.521. The Morgan fingerprint density at radius 3 is 2.37 bits per heavy atom. The molecule has 1 aromatic rings. The summed E-state index contributed by atoms with van der Waals surface area (Å²) in [5.74, 6) is 0.838. The van der Waals surface area contributed by atoms with Gasteiger partial charge in [-0.1, -0.05) is 0 Å². The summed E-state index contributed by atoms with van der Waals surface area (Å²) in [6.07, 6.45) is 0.206. The number of amides is 3. The van der Waals surface area contributed by atoms with Crippen molar-refractivity contribution in [2.45, 2.75) is 39.9 Å². The Labute approximate surface area is 160 Å². The summed E-state index contributed by atoms with van der Waals surface area (Å²) in [6, 6.07) is 4.54. The van der Waals surface area contributed by atoms with Crippen LogP contribution in [0.25, 0.3) is 0 Å². The maximum Gasteiger partial charge on any atom is 0.326 e. The summed E-state index contributed by atoms with van der Waals surface area (Å²) in [4.78, 5) is 25.4. The zero-order valence-electron chi connectivity index (χ0n) is 16.5. The first-order valence-electron chi connectivity index (χ1n) is 9.40. The molecule has 0 saturated carbocycles. The van der Waals surface area contributed by atoms with E-state index in [0.717, 1.165) is 18.0 Å². The average molecular weight is 380 g/mol. The highest BCUT2D eigenvalue weighted by atomic mass is 16.5. The number of hydrogen-bond donors (Lipinski definition) is 3. The summed E-state index contributed by atoms with van der Waals surface area (Å²) in [6.45, 7) is 10.5. The number of ether oxygens (including phenoxy) is 3. The molecule has 0 spiro atoms. The third-order valence-corrected chi connectivity index (χ3v) is 4.08. The van der Waals surface area contributed by atoms with Gasteiger partial charge in [-0.05, 0) is 39.8 Å². The average Bonchev–Trinajstić information content (AvgIpc) is 2.56. The summed E-state index contributed by atoms with van der Waals surface area (Å²) in [5, 5.41) is 5.03. The van der Waals surface area contributed by atoms with Crippen molar-refractivity contribution in [3.8, 4) is 11.5 Å². The lowest BCUT2D eigenvalue weighted by Crippen LogP contribution is -3.16. The molecule has 3 N–H and O–H groups in total. The van der Waals surface area contributed by atoms with Crippen molar-refractivity contribution in [1.82, 2.24) is 5.32 Å². The van der Waals surface area contributed by atoms with Gasteiger partial charge < -0.3 is 24.4 Å². The predicted octanol–water partition coefficient (Wildman–Crippen LogP) is 0.824. The number of carbonyl (C=O) groups is 2. The van der Waals surface area contributed by atoms with Crippen LogP contribution >= 0.6 is 0 Å². The van der Waals surface area contributed by atoms with Crippen LogP contribution in [0.5, 0.6) is 11.5 Å². The molecule has 150 valence electrons. The lowest BCUT2D eigenvalue weighted by molar-refractivity contribution is -0.907. The topological polar surface area (TPSA) is 90.3 Å². The molecule has 27 heavy (non-hydrogen) atoms. The molecule has 8 nitrogen and oxygen atoms in total. The number of hydrogen-bond acceptors (Lipinski definition) is 5. The molecule has 1 heterocycles. The summed E-state index contributed by atoms with van der Waals surface area (Å²) < 4.78 is 16.7. The fourth-order valence-corrected chi connectivity index (χ4v) is 3.22. The maximum atomic E-state index is 12.2. The third-order valence-electron chi connectivity index (χ3n) is 4.08. The van der Waals surface area contributed by atoms with Crippen molar-refractivity contribution in [1.29, 1.82) is 0 Å². The Bertz CT molecular complexity index is 642. The van der Waals surface area contributed by atoms with Gasteiger partial charge in [-0.25, -0.2) is 4.79 Å². The second-order valence-electron chi connectivity index (χ2n) is 6.62. The van der Waals surface area contributed by atoms with Crippen LogP contribution in [0.2, 0.25) is 0 Å². The van der Waals surface area contributed by atoms with E-state index in [1.54, 1.807) is 18.2 Å². The van der Waals surface area contributed by atoms with E-state index >= 15 is 0 Å².